The third-order valence-electron chi connectivity index (χ3n) is 4.52. The van der Waals surface area contributed by atoms with Crippen molar-refractivity contribution in [3.05, 3.63) is 68.6 Å². The molecule has 0 radical (unpaired) electrons. The molecule has 25 heavy (non-hydrogen) atoms. The normalized spacial score (nSPS) is 20.8. The molecule has 0 saturated heterocycles. The maximum Gasteiger partial charge on any atom is 0.310 e. The summed E-state index contributed by atoms with van der Waals surface area (Å²) in [7, 11) is 0. The summed E-state index contributed by atoms with van der Waals surface area (Å²) >= 11 is 3.34. The van der Waals surface area contributed by atoms with Gasteiger partial charge in [0.15, 0.2) is 6.10 Å². The van der Waals surface area contributed by atoms with Gasteiger partial charge in [-0.05, 0) is 36.2 Å². The fourth-order valence-electron chi connectivity index (χ4n) is 2.83. The molecule has 6 nitrogen and oxygen atoms in total. The molecule has 1 aromatic carbocycles. The largest absolute Gasteiger partial charge is 0.469 e. The Balaban J connectivity index is 1.79. The minimum atomic E-state index is -1.45. The van der Waals surface area contributed by atoms with Crippen LogP contribution in [0, 0.1) is 16.0 Å². The Bertz CT molecular complexity index is 769. The molecular weight excluding hydrogens is 390 g/mol. The fraction of sp³-hybridized carbons (Fsp3) is 0.389. The first kappa shape index (κ1) is 17.7. The molecule has 1 aromatic heterocycles. The lowest BCUT2D eigenvalue weighted by atomic mass is 9.91. The number of rotatable bonds is 6. The van der Waals surface area contributed by atoms with E-state index in [4.69, 9.17) is 9.15 Å². The van der Waals surface area contributed by atoms with E-state index in [2.05, 4.69) is 15.9 Å². The van der Waals surface area contributed by atoms with Crippen LogP contribution >= 0.6 is 15.9 Å². The van der Waals surface area contributed by atoms with Crippen molar-refractivity contribution < 1.29 is 18.9 Å². The van der Waals surface area contributed by atoms with Gasteiger partial charge in [-0.15, -0.1) is 0 Å². The fourth-order valence-corrected chi connectivity index (χ4v) is 3.09. The first-order valence-corrected chi connectivity index (χ1v) is 8.74. The standard InChI is InChI=1S/C18H18BrNO5/c1-18(2,20(22)23)16(11-5-7-12(19)8-6-11)25-17(21)14-10-13(14)15-4-3-9-24-15/h3-9,13-14,16H,10H2,1-2H3. The van der Waals surface area contributed by atoms with E-state index in [9.17, 15) is 14.9 Å². The monoisotopic (exact) mass is 407 g/mol. The van der Waals surface area contributed by atoms with Gasteiger partial charge in [0.1, 0.15) is 5.76 Å². The number of halogens is 1. The molecule has 2 aromatic rings. The first-order valence-electron chi connectivity index (χ1n) is 7.94. The number of hydrogen-bond donors (Lipinski definition) is 0. The lowest BCUT2D eigenvalue weighted by Crippen LogP contribution is -2.40. The van der Waals surface area contributed by atoms with Gasteiger partial charge in [-0.3, -0.25) is 14.9 Å². The highest BCUT2D eigenvalue weighted by Gasteiger charge is 2.51. The van der Waals surface area contributed by atoms with Gasteiger partial charge in [0.05, 0.1) is 12.2 Å². The number of nitro groups is 1. The van der Waals surface area contributed by atoms with Crippen molar-refractivity contribution in [2.45, 2.75) is 37.8 Å². The molecule has 1 heterocycles. The lowest BCUT2D eigenvalue weighted by Gasteiger charge is -2.27. The Morgan fingerprint density at radius 3 is 2.60 bits per heavy atom. The molecular formula is C18H18BrNO5. The lowest BCUT2D eigenvalue weighted by molar-refractivity contribution is -0.574. The third kappa shape index (κ3) is 3.61. The van der Waals surface area contributed by atoms with Gasteiger partial charge < -0.3 is 9.15 Å². The van der Waals surface area contributed by atoms with Crippen LogP contribution in [0.15, 0.2) is 51.6 Å². The van der Waals surface area contributed by atoms with Crippen molar-refractivity contribution in [3.63, 3.8) is 0 Å². The second-order valence-corrected chi connectivity index (χ2v) is 7.66. The second-order valence-electron chi connectivity index (χ2n) is 6.74. The van der Waals surface area contributed by atoms with E-state index in [1.165, 1.54) is 13.8 Å². The van der Waals surface area contributed by atoms with Gasteiger partial charge in [-0.2, -0.15) is 0 Å². The molecule has 3 rings (SSSR count). The predicted octanol–water partition coefficient (Wildman–Crippen LogP) is 4.49. The summed E-state index contributed by atoms with van der Waals surface area (Å²) in [6, 6.07) is 10.6. The van der Waals surface area contributed by atoms with Crippen molar-refractivity contribution in [1.29, 1.82) is 0 Å². The number of ether oxygens (including phenoxy) is 1. The highest BCUT2D eigenvalue weighted by atomic mass is 79.9. The zero-order valence-corrected chi connectivity index (χ0v) is 15.4. The Morgan fingerprint density at radius 2 is 2.04 bits per heavy atom. The molecule has 0 bridgehead atoms. The van der Waals surface area contributed by atoms with Crippen molar-refractivity contribution in [2.24, 2.45) is 5.92 Å². The Hall–Kier alpha value is -2.15. The summed E-state index contributed by atoms with van der Waals surface area (Å²) in [6.07, 6.45) is 1.23. The number of hydrogen-bond acceptors (Lipinski definition) is 5. The molecule has 1 saturated carbocycles. The molecule has 3 atom stereocenters. The van der Waals surface area contributed by atoms with Gasteiger partial charge in [-0.25, -0.2) is 0 Å². The van der Waals surface area contributed by atoms with Crippen molar-refractivity contribution in [1.82, 2.24) is 0 Å². The Kier molecular flexibility index (Phi) is 4.69. The summed E-state index contributed by atoms with van der Waals surface area (Å²) in [6.45, 7) is 2.92. The number of carbonyl (C=O) groups is 1. The third-order valence-corrected chi connectivity index (χ3v) is 5.05. The SMILES string of the molecule is CC(C)(C(OC(=O)C1CC1c1ccco1)c1ccc(Br)cc1)[N+](=O)[O-]. The van der Waals surface area contributed by atoms with E-state index in [1.807, 2.05) is 6.07 Å². The summed E-state index contributed by atoms with van der Waals surface area (Å²) in [5.41, 5.74) is -0.855. The van der Waals surface area contributed by atoms with E-state index in [1.54, 1.807) is 36.6 Å². The van der Waals surface area contributed by atoms with Gasteiger partial charge >= 0.3 is 5.97 Å². The van der Waals surface area contributed by atoms with Gasteiger partial charge in [0, 0.05) is 29.2 Å². The molecule has 0 aliphatic heterocycles. The van der Waals surface area contributed by atoms with Crippen LogP contribution < -0.4 is 0 Å². The van der Waals surface area contributed by atoms with Gasteiger partial charge in [0.25, 0.3) is 5.54 Å². The summed E-state index contributed by atoms with van der Waals surface area (Å²) in [4.78, 5) is 23.6. The number of furan rings is 1. The topological polar surface area (TPSA) is 82.6 Å². The van der Waals surface area contributed by atoms with Gasteiger partial charge in [0.2, 0.25) is 0 Å². The molecule has 0 amide bonds. The van der Waals surface area contributed by atoms with Gasteiger partial charge in [-0.1, -0.05) is 28.1 Å². The first-order chi connectivity index (χ1) is 11.8. The summed E-state index contributed by atoms with van der Waals surface area (Å²) < 4.78 is 11.8. The van der Waals surface area contributed by atoms with Crippen LogP contribution in [-0.2, 0) is 9.53 Å². The predicted molar refractivity (Wildman–Crippen MR) is 93.6 cm³/mol. The van der Waals surface area contributed by atoms with Crippen LogP contribution in [0.2, 0.25) is 0 Å². The van der Waals surface area contributed by atoms with Crippen LogP contribution in [0.4, 0.5) is 0 Å². The quantitative estimate of drug-likeness (QED) is 0.400. The van der Waals surface area contributed by atoms with E-state index < -0.39 is 22.5 Å². The van der Waals surface area contributed by atoms with E-state index >= 15 is 0 Å². The maximum absolute atomic E-state index is 12.5. The second kappa shape index (κ2) is 6.63. The summed E-state index contributed by atoms with van der Waals surface area (Å²) in [5.74, 6) is -0.00152. The van der Waals surface area contributed by atoms with E-state index in [0.29, 0.717) is 12.0 Å². The highest BCUT2D eigenvalue weighted by molar-refractivity contribution is 9.10. The number of nitrogens with zero attached hydrogens (tertiary/aromatic N) is 1. The zero-order chi connectivity index (χ0) is 18.2. The number of esters is 1. The average molecular weight is 408 g/mol. The van der Waals surface area contributed by atoms with Crippen LogP contribution in [0.5, 0.6) is 0 Å². The number of benzene rings is 1. The average Bonchev–Trinajstić information content (AvgIpc) is 3.18. The van der Waals surface area contributed by atoms with Crippen LogP contribution in [-0.4, -0.2) is 16.4 Å². The Morgan fingerprint density at radius 1 is 1.36 bits per heavy atom. The smallest absolute Gasteiger partial charge is 0.310 e. The minimum absolute atomic E-state index is 0.00761. The molecule has 1 aliphatic carbocycles. The summed E-state index contributed by atoms with van der Waals surface area (Å²) in [5, 5.41) is 11.5. The van der Waals surface area contributed by atoms with Crippen molar-refractivity contribution in [3.8, 4) is 0 Å². The van der Waals surface area contributed by atoms with Crippen LogP contribution in [0.1, 0.15) is 43.6 Å². The maximum atomic E-state index is 12.5. The minimum Gasteiger partial charge on any atom is -0.469 e. The Labute approximate surface area is 153 Å². The molecule has 1 aliphatic rings. The molecule has 3 unspecified atom stereocenters. The zero-order valence-electron chi connectivity index (χ0n) is 13.8. The van der Waals surface area contributed by atoms with Crippen LogP contribution in [0.25, 0.3) is 0 Å². The molecule has 1 fully saturated rings. The molecule has 132 valence electrons. The molecule has 0 spiro atoms. The molecule has 7 heteroatoms. The highest BCUT2D eigenvalue weighted by Crippen LogP contribution is 2.49. The van der Waals surface area contributed by atoms with E-state index in [0.717, 1.165) is 10.2 Å². The van der Waals surface area contributed by atoms with Crippen molar-refractivity contribution in [2.75, 3.05) is 0 Å². The molecule has 0 N–H and O–H groups in total. The number of carbonyl (C=O) groups excluding carboxylic acids is 1. The van der Waals surface area contributed by atoms with Crippen LogP contribution in [0.3, 0.4) is 0 Å². The van der Waals surface area contributed by atoms with E-state index in [-0.39, 0.29) is 11.8 Å². The van der Waals surface area contributed by atoms with Crippen molar-refractivity contribution >= 4 is 21.9 Å².